The monoisotopic (exact) mass is 366 g/mol. The second-order valence-electron chi connectivity index (χ2n) is 6.28. The Morgan fingerprint density at radius 2 is 1.04 bits per heavy atom. The first kappa shape index (κ1) is 18.4. The second-order valence-corrected chi connectivity index (χ2v) is 7.92. The smallest absolute Gasteiger partial charge is 0.264 e. The molecule has 0 heterocycles. The minimum atomic E-state index is -3.49. The second kappa shape index (κ2) is 7.85. The zero-order valence-electron chi connectivity index (χ0n) is 14.7. The van der Waals surface area contributed by atoms with Gasteiger partial charge in [-0.2, -0.15) is 8.42 Å². The van der Waals surface area contributed by atoms with Crippen molar-refractivity contribution in [2.45, 2.75) is 11.8 Å². The van der Waals surface area contributed by atoms with Crippen LogP contribution in [0.2, 0.25) is 0 Å². The zero-order chi connectivity index (χ0) is 18.5. The van der Waals surface area contributed by atoms with Crippen LogP contribution in [0.5, 0.6) is 0 Å². The van der Waals surface area contributed by atoms with Crippen LogP contribution in [0, 0.1) is 0 Å². The Bertz CT molecular complexity index is 824. The van der Waals surface area contributed by atoms with Gasteiger partial charge < -0.3 is 0 Å². The van der Waals surface area contributed by atoms with Crippen LogP contribution in [0.3, 0.4) is 0 Å². The van der Waals surface area contributed by atoms with Crippen molar-refractivity contribution in [3.63, 3.8) is 0 Å². The molecule has 0 spiro atoms. The lowest BCUT2D eigenvalue weighted by Gasteiger charge is -2.36. The summed E-state index contributed by atoms with van der Waals surface area (Å²) in [6.07, 6.45) is 1.60. The van der Waals surface area contributed by atoms with Crippen LogP contribution in [0.15, 0.2) is 91.0 Å². The van der Waals surface area contributed by atoms with Gasteiger partial charge in [0.2, 0.25) is 0 Å². The molecule has 3 nitrogen and oxygen atoms in total. The molecular weight excluding hydrogens is 344 g/mol. The van der Waals surface area contributed by atoms with E-state index in [1.807, 2.05) is 54.6 Å². The number of hydrogen-bond donors (Lipinski definition) is 0. The Kier molecular flexibility index (Phi) is 5.55. The van der Waals surface area contributed by atoms with Crippen LogP contribution in [0.25, 0.3) is 0 Å². The van der Waals surface area contributed by atoms with Gasteiger partial charge in [0, 0.05) is 5.41 Å². The quantitative estimate of drug-likeness (QED) is 0.460. The molecule has 0 saturated carbocycles. The lowest BCUT2D eigenvalue weighted by Crippen LogP contribution is -2.31. The largest absolute Gasteiger partial charge is 0.270 e. The van der Waals surface area contributed by atoms with Crippen molar-refractivity contribution in [2.24, 2.45) is 0 Å². The van der Waals surface area contributed by atoms with E-state index >= 15 is 0 Å². The SMILES string of the molecule is CS(=O)(=O)OCCC(c1ccccc1)(c1ccccc1)c1ccccc1. The van der Waals surface area contributed by atoms with Crippen molar-refractivity contribution in [3.8, 4) is 0 Å². The molecule has 0 aliphatic carbocycles. The highest BCUT2D eigenvalue weighted by atomic mass is 32.2. The fourth-order valence-corrected chi connectivity index (χ4v) is 3.83. The summed E-state index contributed by atoms with van der Waals surface area (Å²) < 4.78 is 28.1. The lowest BCUT2D eigenvalue weighted by atomic mass is 9.67. The van der Waals surface area contributed by atoms with Crippen molar-refractivity contribution in [1.82, 2.24) is 0 Å². The molecule has 3 rings (SSSR count). The maximum Gasteiger partial charge on any atom is 0.264 e. The van der Waals surface area contributed by atoms with Gasteiger partial charge in [0.15, 0.2) is 0 Å². The van der Waals surface area contributed by atoms with E-state index < -0.39 is 15.5 Å². The fraction of sp³-hybridized carbons (Fsp3) is 0.182. The molecule has 3 aromatic rings. The molecule has 134 valence electrons. The standard InChI is InChI=1S/C22H22O3S/c1-26(23,24)25-18-17-22(19-11-5-2-6-12-19,20-13-7-3-8-14-20)21-15-9-4-10-16-21/h2-16H,17-18H2,1H3. The summed E-state index contributed by atoms with van der Waals surface area (Å²) >= 11 is 0. The van der Waals surface area contributed by atoms with Crippen molar-refractivity contribution in [2.75, 3.05) is 12.9 Å². The molecule has 0 aliphatic rings. The Labute approximate surface area is 155 Å². The summed E-state index contributed by atoms with van der Waals surface area (Å²) in [5.41, 5.74) is 2.83. The Hall–Kier alpha value is -2.43. The highest BCUT2D eigenvalue weighted by molar-refractivity contribution is 7.85. The van der Waals surface area contributed by atoms with E-state index in [4.69, 9.17) is 4.18 Å². The van der Waals surface area contributed by atoms with Gasteiger partial charge in [-0.05, 0) is 23.1 Å². The van der Waals surface area contributed by atoms with Crippen molar-refractivity contribution >= 4 is 10.1 Å². The maximum atomic E-state index is 11.5. The van der Waals surface area contributed by atoms with Gasteiger partial charge in [0.1, 0.15) is 0 Å². The molecule has 26 heavy (non-hydrogen) atoms. The Balaban J connectivity index is 2.18. The average Bonchev–Trinajstić information content (AvgIpc) is 2.67. The van der Waals surface area contributed by atoms with Gasteiger partial charge >= 0.3 is 0 Å². The van der Waals surface area contributed by atoms with E-state index in [2.05, 4.69) is 36.4 Å². The van der Waals surface area contributed by atoms with Gasteiger partial charge in [-0.15, -0.1) is 0 Å². The summed E-state index contributed by atoms with van der Waals surface area (Å²) in [6.45, 7) is 0.109. The van der Waals surface area contributed by atoms with E-state index in [-0.39, 0.29) is 6.61 Å². The molecule has 0 aliphatic heterocycles. The van der Waals surface area contributed by atoms with Gasteiger partial charge in [-0.3, -0.25) is 4.18 Å². The van der Waals surface area contributed by atoms with Crippen molar-refractivity contribution in [3.05, 3.63) is 108 Å². The topological polar surface area (TPSA) is 43.4 Å². The molecule has 0 aromatic heterocycles. The number of hydrogen-bond acceptors (Lipinski definition) is 3. The molecule has 3 aromatic carbocycles. The minimum absolute atomic E-state index is 0.109. The zero-order valence-corrected chi connectivity index (χ0v) is 15.5. The first-order valence-electron chi connectivity index (χ1n) is 8.53. The molecule has 0 radical (unpaired) electrons. The van der Waals surface area contributed by atoms with Crippen molar-refractivity contribution in [1.29, 1.82) is 0 Å². The summed E-state index contributed by atoms with van der Waals surface area (Å²) in [6, 6.07) is 30.5. The Morgan fingerprint density at radius 3 is 1.35 bits per heavy atom. The predicted octanol–water partition coefficient (Wildman–Crippen LogP) is 4.39. The van der Waals surface area contributed by atoms with Crippen LogP contribution in [0.1, 0.15) is 23.1 Å². The molecule has 0 atom stereocenters. The highest BCUT2D eigenvalue weighted by Crippen LogP contribution is 2.42. The number of rotatable bonds is 7. The molecule has 0 amide bonds. The first-order valence-corrected chi connectivity index (χ1v) is 10.3. The Morgan fingerprint density at radius 1 is 0.692 bits per heavy atom. The van der Waals surface area contributed by atoms with Crippen LogP contribution in [-0.2, 0) is 19.7 Å². The van der Waals surface area contributed by atoms with E-state index in [9.17, 15) is 8.42 Å². The molecule has 0 saturated heterocycles. The normalized spacial score (nSPS) is 12.0. The van der Waals surface area contributed by atoms with Gasteiger partial charge in [0.25, 0.3) is 10.1 Å². The average molecular weight is 366 g/mol. The van der Waals surface area contributed by atoms with Crippen LogP contribution < -0.4 is 0 Å². The van der Waals surface area contributed by atoms with E-state index in [0.29, 0.717) is 6.42 Å². The fourth-order valence-electron chi connectivity index (χ4n) is 3.45. The summed E-state index contributed by atoms with van der Waals surface area (Å²) in [5.74, 6) is 0. The van der Waals surface area contributed by atoms with Gasteiger partial charge in [-0.1, -0.05) is 91.0 Å². The highest BCUT2D eigenvalue weighted by Gasteiger charge is 2.36. The van der Waals surface area contributed by atoms with E-state index in [1.54, 1.807) is 0 Å². The minimum Gasteiger partial charge on any atom is -0.270 e. The summed E-state index contributed by atoms with van der Waals surface area (Å²) in [7, 11) is -3.49. The molecule has 0 unspecified atom stereocenters. The summed E-state index contributed by atoms with van der Waals surface area (Å²) in [4.78, 5) is 0. The van der Waals surface area contributed by atoms with E-state index in [0.717, 1.165) is 22.9 Å². The van der Waals surface area contributed by atoms with Gasteiger partial charge in [-0.25, -0.2) is 0 Å². The number of benzene rings is 3. The summed E-state index contributed by atoms with van der Waals surface area (Å²) in [5, 5.41) is 0. The van der Waals surface area contributed by atoms with Crippen LogP contribution in [-0.4, -0.2) is 21.3 Å². The molecule has 0 fully saturated rings. The molecular formula is C22H22O3S. The lowest BCUT2D eigenvalue weighted by molar-refractivity contribution is 0.292. The molecule has 4 heteroatoms. The van der Waals surface area contributed by atoms with Gasteiger partial charge in [0.05, 0.1) is 12.9 Å². The van der Waals surface area contributed by atoms with E-state index in [1.165, 1.54) is 0 Å². The van der Waals surface area contributed by atoms with Crippen LogP contribution >= 0.6 is 0 Å². The first-order chi connectivity index (χ1) is 12.5. The maximum absolute atomic E-state index is 11.5. The van der Waals surface area contributed by atoms with Crippen molar-refractivity contribution < 1.29 is 12.6 Å². The predicted molar refractivity (Wildman–Crippen MR) is 105 cm³/mol. The third kappa shape index (κ3) is 4.03. The molecule has 0 bridgehead atoms. The third-order valence-corrected chi connectivity index (χ3v) is 5.17. The molecule has 0 N–H and O–H groups in total. The van der Waals surface area contributed by atoms with Crippen LogP contribution in [0.4, 0.5) is 0 Å². The third-order valence-electron chi connectivity index (χ3n) is 4.57.